The third kappa shape index (κ3) is 4.86. The number of aliphatic imine (C=N–C) groups is 1. The van der Waals surface area contributed by atoms with Gasteiger partial charge in [-0.2, -0.15) is 5.01 Å². The number of hydrazine groups is 1. The SMILES string of the molecule is CC1NC(n2c3ccccc3c3cc4oc5ccccc5c4cc32)=C(C2=NC(c3ccccc3)N3C(c4ccccc4)N23)C=C1n1c2ccccc2c2cc3oc4ccccc4c3cc21. The first-order valence-electron chi connectivity index (χ1n) is 22.3. The first-order valence-corrected chi connectivity index (χ1v) is 22.3. The molecule has 0 amide bonds. The van der Waals surface area contributed by atoms with Gasteiger partial charge in [-0.1, -0.05) is 133 Å². The van der Waals surface area contributed by atoms with Crippen molar-refractivity contribution in [1.29, 1.82) is 0 Å². The molecule has 15 rings (SSSR count). The molecule has 1 saturated heterocycles. The highest BCUT2D eigenvalue weighted by Crippen LogP contribution is 2.55. The first kappa shape index (κ1) is 35.2. The van der Waals surface area contributed by atoms with Crippen molar-refractivity contribution in [2.45, 2.75) is 25.3 Å². The Morgan fingerprint density at radius 2 is 0.969 bits per heavy atom. The van der Waals surface area contributed by atoms with E-state index in [9.17, 15) is 0 Å². The van der Waals surface area contributed by atoms with E-state index in [1.807, 2.05) is 12.1 Å². The molecule has 0 aliphatic carbocycles. The van der Waals surface area contributed by atoms with Crippen molar-refractivity contribution in [3.05, 3.63) is 205 Å². The number of amidine groups is 1. The monoisotopic (exact) mass is 838 g/mol. The summed E-state index contributed by atoms with van der Waals surface area (Å²) in [6.07, 6.45) is 2.23. The number of furan rings is 2. The fraction of sp³-hybridized carbons (Fsp3) is 0.0702. The Balaban J connectivity index is 1.05. The number of nitrogens with one attached hydrogen (secondary N) is 1. The molecule has 0 spiro atoms. The number of benzene rings is 8. The number of aromatic nitrogens is 2. The Morgan fingerprint density at radius 1 is 0.462 bits per heavy atom. The van der Waals surface area contributed by atoms with Crippen LogP contribution in [0.4, 0.5) is 0 Å². The van der Waals surface area contributed by atoms with E-state index in [2.05, 4.69) is 207 Å². The molecule has 1 N–H and O–H groups in total. The molecule has 8 nitrogen and oxygen atoms in total. The largest absolute Gasteiger partial charge is 0.456 e. The van der Waals surface area contributed by atoms with Crippen molar-refractivity contribution in [3.8, 4) is 0 Å². The molecule has 0 saturated carbocycles. The molecule has 8 aromatic carbocycles. The van der Waals surface area contributed by atoms with E-state index in [4.69, 9.17) is 13.8 Å². The summed E-state index contributed by atoms with van der Waals surface area (Å²) < 4.78 is 17.9. The van der Waals surface area contributed by atoms with Gasteiger partial charge in [0.25, 0.3) is 0 Å². The van der Waals surface area contributed by atoms with E-state index < -0.39 is 0 Å². The maximum absolute atomic E-state index is 6.50. The van der Waals surface area contributed by atoms with E-state index in [0.29, 0.717) is 0 Å². The maximum Gasteiger partial charge on any atom is 0.153 e. The average molecular weight is 839 g/mol. The highest BCUT2D eigenvalue weighted by molar-refractivity contribution is 6.21. The minimum atomic E-state index is -0.202. The van der Waals surface area contributed by atoms with Crippen LogP contribution in [0.1, 0.15) is 30.4 Å². The summed E-state index contributed by atoms with van der Waals surface area (Å²) in [5.41, 5.74) is 12.5. The molecule has 3 aliphatic rings. The van der Waals surface area contributed by atoms with Gasteiger partial charge in [0.05, 0.1) is 33.7 Å². The third-order valence-corrected chi connectivity index (χ3v) is 14.0. The molecular weight excluding hydrogens is 801 g/mol. The average Bonchev–Trinajstić information content (AvgIpc) is 3.77. The molecule has 65 heavy (non-hydrogen) atoms. The van der Waals surface area contributed by atoms with Crippen LogP contribution in [0.2, 0.25) is 0 Å². The van der Waals surface area contributed by atoms with E-state index in [1.165, 1.54) is 10.9 Å². The molecule has 4 aromatic heterocycles. The third-order valence-electron chi connectivity index (χ3n) is 14.0. The predicted molar refractivity (Wildman–Crippen MR) is 263 cm³/mol. The lowest BCUT2D eigenvalue weighted by Crippen LogP contribution is -2.36. The van der Waals surface area contributed by atoms with Crippen LogP contribution in [0.25, 0.3) is 99.0 Å². The Labute approximate surface area is 371 Å². The topological polar surface area (TPSA) is 66.5 Å². The second kappa shape index (κ2) is 12.9. The van der Waals surface area contributed by atoms with Crippen LogP contribution >= 0.6 is 0 Å². The molecule has 1 fully saturated rings. The highest BCUT2D eigenvalue weighted by Gasteiger charge is 2.58. The molecule has 4 atom stereocenters. The van der Waals surface area contributed by atoms with Crippen LogP contribution in [0.5, 0.6) is 0 Å². The molecule has 308 valence electrons. The van der Waals surface area contributed by atoms with Gasteiger partial charge in [-0.15, -0.1) is 0 Å². The predicted octanol–water partition coefficient (Wildman–Crippen LogP) is 13.7. The minimum absolute atomic E-state index is 0.0184. The Morgan fingerprint density at radius 3 is 1.58 bits per heavy atom. The summed E-state index contributed by atoms with van der Waals surface area (Å²) in [5.74, 6) is 1.90. The van der Waals surface area contributed by atoms with Gasteiger partial charge in [0.15, 0.2) is 5.84 Å². The number of fused-ring (bicyclic) bond motifs is 13. The van der Waals surface area contributed by atoms with Gasteiger partial charge in [0, 0.05) is 48.8 Å². The summed E-state index contributed by atoms with van der Waals surface area (Å²) in [6, 6.07) is 64.6. The van der Waals surface area contributed by atoms with Crippen LogP contribution in [-0.4, -0.2) is 31.0 Å². The molecular formula is C57H38N6O2. The number of hydrogen-bond acceptors (Lipinski definition) is 6. The van der Waals surface area contributed by atoms with Crippen LogP contribution in [-0.2, 0) is 0 Å². The zero-order chi connectivity index (χ0) is 42.5. The molecule has 0 bridgehead atoms. The molecule has 0 radical (unpaired) electrons. The second-order valence-corrected chi connectivity index (χ2v) is 17.6. The van der Waals surface area contributed by atoms with Gasteiger partial charge in [-0.25, -0.2) is 4.99 Å². The van der Waals surface area contributed by atoms with Crippen LogP contribution in [0.15, 0.2) is 207 Å². The molecule has 3 aliphatic heterocycles. The van der Waals surface area contributed by atoms with Crippen molar-refractivity contribution in [2.75, 3.05) is 0 Å². The lowest BCUT2D eigenvalue weighted by Gasteiger charge is -2.31. The number of para-hydroxylation sites is 4. The van der Waals surface area contributed by atoms with Crippen LogP contribution < -0.4 is 5.32 Å². The highest BCUT2D eigenvalue weighted by atomic mass is 16.3. The van der Waals surface area contributed by atoms with Gasteiger partial charge in [-0.3, -0.25) is 9.58 Å². The van der Waals surface area contributed by atoms with Gasteiger partial charge >= 0.3 is 0 Å². The zero-order valence-corrected chi connectivity index (χ0v) is 35.2. The second-order valence-electron chi connectivity index (χ2n) is 17.6. The molecule has 4 unspecified atom stereocenters. The van der Waals surface area contributed by atoms with Crippen molar-refractivity contribution < 1.29 is 8.83 Å². The summed E-state index contributed by atoms with van der Waals surface area (Å²) in [7, 11) is 0. The van der Waals surface area contributed by atoms with E-state index in [0.717, 1.165) is 111 Å². The Hall–Kier alpha value is -8.33. The van der Waals surface area contributed by atoms with Gasteiger partial charge < -0.3 is 18.7 Å². The van der Waals surface area contributed by atoms with Gasteiger partial charge in [0.1, 0.15) is 40.5 Å². The standard InChI is InChI=1S/C57H38N6O2/c1-33-47(60-45-24-12-8-20-36(45)40-31-52-42(28-48(40)60)38-22-10-14-26-50(38)64-52)30-44(56-59-54(34-16-4-2-5-17-34)62-57(63(56)62)35-18-6-3-7-19-35)55(58-33)61-46-25-13-9-21-37(46)41-32-53-43(29-49(41)61)39-23-11-15-27-51(39)65-53/h2-33,54,57-58H,1H3. The number of nitrogens with zero attached hydrogens (tertiary/aromatic N) is 5. The normalized spacial score (nSPS) is 19.7. The lowest BCUT2D eigenvalue weighted by atomic mass is 10.0. The lowest BCUT2D eigenvalue weighted by molar-refractivity contribution is 0.341. The zero-order valence-electron chi connectivity index (χ0n) is 35.2. The van der Waals surface area contributed by atoms with E-state index >= 15 is 0 Å². The summed E-state index contributed by atoms with van der Waals surface area (Å²) in [5, 5.41) is 18.0. The first-order chi connectivity index (χ1) is 32.2. The van der Waals surface area contributed by atoms with E-state index in [1.54, 1.807) is 0 Å². The molecule has 12 aromatic rings. The fourth-order valence-electron chi connectivity index (χ4n) is 11.1. The van der Waals surface area contributed by atoms with Gasteiger partial charge in [-0.05, 0) is 72.7 Å². The van der Waals surface area contributed by atoms with Crippen molar-refractivity contribution in [3.63, 3.8) is 0 Å². The smallest absolute Gasteiger partial charge is 0.153 e. The summed E-state index contributed by atoms with van der Waals surface area (Å²) >= 11 is 0. The van der Waals surface area contributed by atoms with E-state index in [-0.39, 0.29) is 18.4 Å². The quantitative estimate of drug-likeness (QED) is 0.175. The van der Waals surface area contributed by atoms with Crippen LogP contribution in [0.3, 0.4) is 0 Å². The molecule has 8 heteroatoms. The number of hydrogen-bond donors (Lipinski definition) is 1. The minimum Gasteiger partial charge on any atom is -0.456 e. The number of rotatable bonds is 5. The maximum atomic E-state index is 6.50. The summed E-state index contributed by atoms with van der Waals surface area (Å²) in [6.45, 7) is 2.28. The summed E-state index contributed by atoms with van der Waals surface area (Å²) in [4.78, 5) is 5.70. The number of dihydropyridines is 1. The Kier molecular flexibility index (Phi) is 6.97. The molecule has 7 heterocycles. The fourth-order valence-corrected chi connectivity index (χ4v) is 11.1. The van der Waals surface area contributed by atoms with Gasteiger partial charge in [0.2, 0.25) is 0 Å². The van der Waals surface area contributed by atoms with Crippen LogP contribution in [0, 0.1) is 0 Å². The van der Waals surface area contributed by atoms with Crippen molar-refractivity contribution in [1.82, 2.24) is 24.5 Å². The van der Waals surface area contributed by atoms with Crippen molar-refractivity contribution in [2.24, 2.45) is 4.99 Å². The Bertz CT molecular complexity index is 4090. The van der Waals surface area contributed by atoms with Crippen molar-refractivity contribution >= 4 is 105 Å².